The van der Waals surface area contributed by atoms with Crippen LogP contribution in [0.15, 0.2) is 24.3 Å². The quantitative estimate of drug-likeness (QED) is 0.591. The molecule has 106 valence electrons. The topological polar surface area (TPSA) is 114 Å². The molecular formula is C13H15N3O4. The van der Waals surface area contributed by atoms with E-state index in [0.717, 1.165) is 5.56 Å². The number of amides is 1. The van der Waals surface area contributed by atoms with Crippen molar-refractivity contribution < 1.29 is 19.1 Å². The predicted molar refractivity (Wildman–Crippen MR) is 70.2 cm³/mol. The highest BCUT2D eigenvalue weighted by atomic mass is 16.5. The van der Waals surface area contributed by atoms with E-state index in [1.165, 1.54) is 0 Å². The molecule has 7 heteroatoms. The van der Waals surface area contributed by atoms with Gasteiger partial charge in [0, 0.05) is 12.2 Å². The van der Waals surface area contributed by atoms with E-state index >= 15 is 0 Å². The van der Waals surface area contributed by atoms with Crippen LogP contribution in [0.3, 0.4) is 0 Å². The van der Waals surface area contributed by atoms with Gasteiger partial charge < -0.3 is 20.5 Å². The smallest absolute Gasteiger partial charge is 0.407 e. The van der Waals surface area contributed by atoms with Crippen molar-refractivity contribution >= 4 is 17.7 Å². The van der Waals surface area contributed by atoms with Crippen LogP contribution in [0, 0.1) is 11.3 Å². The monoisotopic (exact) mass is 277 g/mol. The molecule has 0 fully saturated rings. The molecule has 3 N–H and O–H groups in total. The minimum atomic E-state index is -0.630. The number of alkyl carbamates (subject to hydrolysis) is 1. The lowest BCUT2D eigenvalue weighted by Crippen LogP contribution is -2.27. The van der Waals surface area contributed by atoms with Crippen LogP contribution in [0.1, 0.15) is 12.0 Å². The summed E-state index contributed by atoms with van der Waals surface area (Å²) in [6.07, 6.45) is -0.645. The molecule has 0 saturated heterocycles. The number of hydrogen-bond acceptors (Lipinski definition) is 6. The summed E-state index contributed by atoms with van der Waals surface area (Å²) in [4.78, 5) is 22.3. The zero-order chi connectivity index (χ0) is 14.8. The van der Waals surface area contributed by atoms with Gasteiger partial charge >= 0.3 is 12.1 Å². The van der Waals surface area contributed by atoms with Crippen molar-refractivity contribution in [1.82, 2.24) is 5.32 Å². The average Bonchev–Trinajstić information content (AvgIpc) is 2.44. The summed E-state index contributed by atoms with van der Waals surface area (Å²) >= 11 is 0. The summed E-state index contributed by atoms with van der Waals surface area (Å²) in [6, 6.07) is 8.60. The highest BCUT2D eigenvalue weighted by molar-refractivity contribution is 5.71. The van der Waals surface area contributed by atoms with Crippen molar-refractivity contribution in [3.05, 3.63) is 29.8 Å². The van der Waals surface area contributed by atoms with Crippen molar-refractivity contribution in [2.45, 2.75) is 13.0 Å². The van der Waals surface area contributed by atoms with E-state index in [1.54, 1.807) is 30.3 Å². The molecule has 1 aromatic carbocycles. The number of ether oxygens (including phenoxy) is 2. The molecule has 0 atom stereocenters. The fraction of sp³-hybridized carbons (Fsp3) is 0.308. The van der Waals surface area contributed by atoms with Crippen LogP contribution in [0.4, 0.5) is 10.5 Å². The molecule has 1 rings (SSSR count). The molecule has 1 aromatic rings. The second-order valence-corrected chi connectivity index (χ2v) is 3.81. The van der Waals surface area contributed by atoms with Crippen molar-refractivity contribution in [3.8, 4) is 6.07 Å². The van der Waals surface area contributed by atoms with E-state index in [4.69, 9.17) is 15.7 Å². The fourth-order valence-electron chi connectivity index (χ4n) is 1.27. The Balaban J connectivity index is 2.16. The van der Waals surface area contributed by atoms with Crippen LogP contribution < -0.4 is 11.1 Å². The molecule has 0 radical (unpaired) electrons. The third kappa shape index (κ3) is 6.26. The number of nitrogens with zero attached hydrogens (tertiary/aromatic N) is 1. The van der Waals surface area contributed by atoms with Crippen LogP contribution >= 0.6 is 0 Å². The molecule has 0 unspecified atom stereocenters. The SMILES string of the molecule is N#CCOC(=O)CCNC(=O)OCc1ccc(N)cc1. The first-order chi connectivity index (χ1) is 9.61. The predicted octanol–water partition coefficient (Wildman–Crippen LogP) is 0.952. The lowest BCUT2D eigenvalue weighted by molar-refractivity contribution is -0.142. The van der Waals surface area contributed by atoms with Gasteiger partial charge in [0.2, 0.25) is 0 Å². The second-order valence-electron chi connectivity index (χ2n) is 3.81. The standard InChI is InChI=1S/C13H15N3O4/c14-6-8-19-12(17)5-7-16-13(18)20-9-10-1-3-11(15)4-2-10/h1-4H,5,7-9,15H2,(H,16,18). The van der Waals surface area contributed by atoms with Gasteiger partial charge in [0.25, 0.3) is 0 Å². The Morgan fingerprint density at radius 2 is 1.95 bits per heavy atom. The van der Waals surface area contributed by atoms with Crippen LogP contribution in [0.2, 0.25) is 0 Å². The number of nitrogens with one attached hydrogen (secondary N) is 1. The number of nitrogens with two attached hydrogens (primary N) is 1. The summed E-state index contributed by atoms with van der Waals surface area (Å²) in [7, 11) is 0. The van der Waals surface area contributed by atoms with Crippen LogP contribution in [-0.2, 0) is 20.9 Å². The highest BCUT2D eigenvalue weighted by Crippen LogP contribution is 2.06. The Morgan fingerprint density at radius 3 is 2.60 bits per heavy atom. The lowest BCUT2D eigenvalue weighted by atomic mass is 10.2. The van der Waals surface area contributed by atoms with Crippen molar-refractivity contribution in [2.24, 2.45) is 0 Å². The number of anilines is 1. The lowest BCUT2D eigenvalue weighted by Gasteiger charge is -2.07. The van der Waals surface area contributed by atoms with Gasteiger partial charge in [-0.05, 0) is 17.7 Å². The summed E-state index contributed by atoms with van der Waals surface area (Å²) in [5, 5.41) is 10.6. The van der Waals surface area contributed by atoms with Gasteiger partial charge in [-0.2, -0.15) is 5.26 Å². The first kappa shape index (κ1) is 15.3. The average molecular weight is 277 g/mol. The zero-order valence-corrected chi connectivity index (χ0v) is 10.8. The third-order valence-electron chi connectivity index (χ3n) is 2.25. The molecule has 0 aliphatic rings. The molecule has 0 aliphatic heterocycles. The third-order valence-corrected chi connectivity index (χ3v) is 2.25. The largest absolute Gasteiger partial charge is 0.450 e. The number of nitriles is 1. The van der Waals surface area contributed by atoms with E-state index in [-0.39, 0.29) is 26.2 Å². The molecule has 7 nitrogen and oxygen atoms in total. The Hall–Kier alpha value is -2.75. The first-order valence-corrected chi connectivity index (χ1v) is 5.89. The van der Waals surface area contributed by atoms with Crippen molar-refractivity contribution in [3.63, 3.8) is 0 Å². The molecule has 1 amide bonds. The van der Waals surface area contributed by atoms with Gasteiger partial charge in [-0.3, -0.25) is 4.79 Å². The number of benzene rings is 1. The Kier molecular flexibility index (Phi) is 6.41. The normalized spacial score (nSPS) is 9.35. The maximum atomic E-state index is 11.3. The number of carbonyl (C=O) groups excluding carboxylic acids is 2. The van der Waals surface area contributed by atoms with E-state index < -0.39 is 12.1 Å². The van der Waals surface area contributed by atoms with E-state index in [2.05, 4.69) is 10.1 Å². The minimum absolute atomic E-state index is 0.0152. The number of hydrogen-bond donors (Lipinski definition) is 2. The molecule has 0 heterocycles. The van der Waals surface area contributed by atoms with Gasteiger partial charge in [0.1, 0.15) is 12.7 Å². The first-order valence-electron chi connectivity index (χ1n) is 5.89. The van der Waals surface area contributed by atoms with Gasteiger partial charge in [0.15, 0.2) is 6.61 Å². The summed E-state index contributed by atoms with van der Waals surface area (Å²) in [5.41, 5.74) is 6.97. The van der Waals surface area contributed by atoms with Crippen molar-refractivity contribution in [2.75, 3.05) is 18.9 Å². The fourth-order valence-corrected chi connectivity index (χ4v) is 1.27. The molecule has 0 saturated carbocycles. The van der Waals surface area contributed by atoms with Crippen LogP contribution in [0.25, 0.3) is 0 Å². The van der Waals surface area contributed by atoms with E-state index in [0.29, 0.717) is 5.69 Å². The second kappa shape index (κ2) is 8.37. The summed E-state index contributed by atoms with van der Waals surface area (Å²) < 4.78 is 9.45. The van der Waals surface area contributed by atoms with Crippen molar-refractivity contribution in [1.29, 1.82) is 5.26 Å². The maximum absolute atomic E-state index is 11.3. The number of esters is 1. The summed E-state index contributed by atoms with van der Waals surface area (Å²) in [5.74, 6) is -0.551. The van der Waals surface area contributed by atoms with E-state index in [1.807, 2.05) is 0 Å². The Labute approximate surface area is 116 Å². The minimum Gasteiger partial charge on any atom is -0.450 e. The summed E-state index contributed by atoms with van der Waals surface area (Å²) in [6.45, 7) is -0.0871. The highest BCUT2D eigenvalue weighted by Gasteiger charge is 2.05. The molecule has 0 aromatic heterocycles. The van der Waals surface area contributed by atoms with Gasteiger partial charge in [0.05, 0.1) is 6.42 Å². The molecule has 0 bridgehead atoms. The van der Waals surface area contributed by atoms with Gasteiger partial charge in [-0.15, -0.1) is 0 Å². The van der Waals surface area contributed by atoms with Gasteiger partial charge in [-0.25, -0.2) is 4.79 Å². The number of rotatable bonds is 6. The molecule has 0 spiro atoms. The Bertz CT molecular complexity index is 493. The number of nitrogen functional groups attached to an aromatic ring is 1. The zero-order valence-electron chi connectivity index (χ0n) is 10.8. The maximum Gasteiger partial charge on any atom is 0.407 e. The Morgan fingerprint density at radius 1 is 1.25 bits per heavy atom. The molecule has 0 aliphatic carbocycles. The molecular weight excluding hydrogens is 262 g/mol. The van der Waals surface area contributed by atoms with Crippen LogP contribution in [-0.4, -0.2) is 25.2 Å². The van der Waals surface area contributed by atoms with Crippen LogP contribution in [0.5, 0.6) is 0 Å². The van der Waals surface area contributed by atoms with Gasteiger partial charge in [-0.1, -0.05) is 12.1 Å². The van der Waals surface area contributed by atoms with E-state index in [9.17, 15) is 9.59 Å². The number of carbonyl (C=O) groups is 2. The molecule has 20 heavy (non-hydrogen) atoms.